The van der Waals surface area contributed by atoms with Gasteiger partial charge in [0.15, 0.2) is 5.54 Å². The van der Waals surface area contributed by atoms with Crippen LogP contribution in [0.1, 0.15) is 52.6 Å². The minimum atomic E-state index is -5.07. The summed E-state index contributed by atoms with van der Waals surface area (Å²) in [6.07, 6.45) is -13.8. The van der Waals surface area contributed by atoms with Gasteiger partial charge in [0.1, 0.15) is 6.61 Å². The van der Waals surface area contributed by atoms with E-state index in [1.807, 2.05) is 0 Å². The molecule has 3 unspecified atom stereocenters. The van der Waals surface area contributed by atoms with E-state index in [0.717, 1.165) is 4.90 Å². The molecule has 1 heterocycles. The number of carbonyl (C=O) groups excluding carboxylic acids is 2. The minimum Gasteiger partial charge on any atom is -0.444 e. The molecule has 1 saturated heterocycles. The van der Waals surface area contributed by atoms with Crippen LogP contribution in [0.2, 0.25) is 0 Å². The first-order chi connectivity index (χ1) is 21.8. The van der Waals surface area contributed by atoms with Crippen molar-refractivity contribution < 1.29 is 50.1 Å². The lowest BCUT2D eigenvalue weighted by Crippen LogP contribution is -2.52. The summed E-state index contributed by atoms with van der Waals surface area (Å²) in [5.41, 5.74) is -4.22. The lowest BCUT2D eigenvalue weighted by Gasteiger charge is -2.36. The molecule has 3 atom stereocenters. The highest BCUT2D eigenvalue weighted by Gasteiger charge is 2.60. The van der Waals surface area contributed by atoms with E-state index in [-0.39, 0.29) is 18.2 Å². The van der Waals surface area contributed by atoms with Crippen molar-refractivity contribution in [1.29, 1.82) is 0 Å². The number of alkyl halides is 6. The Bertz CT molecular complexity index is 1630. The molecule has 46 heavy (non-hydrogen) atoms. The number of rotatable bonds is 8. The molecular formula is C34H27F6NO5. The molecule has 4 aromatic rings. The molecule has 0 aliphatic carbocycles. The van der Waals surface area contributed by atoms with Crippen LogP contribution in [0, 0.1) is 0 Å². The Morgan fingerprint density at radius 1 is 0.826 bits per heavy atom. The second-order valence-corrected chi connectivity index (χ2v) is 10.6. The first-order valence-corrected chi connectivity index (χ1v) is 14.0. The predicted octanol–water partition coefficient (Wildman–Crippen LogP) is 8.59. The molecule has 12 heteroatoms. The first-order valence-electron chi connectivity index (χ1n) is 14.0. The fraction of sp³-hybridized carbons (Fsp3) is 0.235. The van der Waals surface area contributed by atoms with E-state index in [1.165, 1.54) is 19.1 Å². The highest BCUT2D eigenvalue weighted by molar-refractivity contribution is 5.90. The number of ether oxygens (including phenoxy) is 3. The van der Waals surface area contributed by atoms with Crippen molar-refractivity contribution in [3.63, 3.8) is 0 Å². The Labute approximate surface area is 260 Å². The molecule has 0 aromatic heterocycles. The molecule has 1 amide bonds. The molecule has 5 rings (SSSR count). The van der Waals surface area contributed by atoms with Crippen molar-refractivity contribution in [3.8, 4) is 0 Å². The van der Waals surface area contributed by atoms with Gasteiger partial charge in [0.25, 0.3) is 0 Å². The number of hydrogen-bond donors (Lipinski definition) is 0. The van der Waals surface area contributed by atoms with Gasteiger partial charge in [0.2, 0.25) is 6.23 Å². The molecule has 6 nitrogen and oxygen atoms in total. The van der Waals surface area contributed by atoms with Crippen LogP contribution in [0.4, 0.5) is 31.1 Å². The largest absolute Gasteiger partial charge is 0.444 e. The minimum absolute atomic E-state index is 0.0188. The number of benzene rings is 4. The van der Waals surface area contributed by atoms with Crippen molar-refractivity contribution in [1.82, 2.24) is 4.90 Å². The van der Waals surface area contributed by atoms with Crippen molar-refractivity contribution in [2.75, 3.05) is 6.61 Å². The highest BCUT2D eigenvalue weighted by atomic mass is 19.4. The molecule has 4 aromatic carbocycles. The van der Waals surface area contributed by atoms with Crippen LogP contribution < -0.4 is 0 Å². The fourth-order valence-corrected chi connectivity index (χ4v) is 5.16. The third-order valence-electron chi connectivity index (χ3n) is 7.56. The topological polar surface area (TPSA) is 65.1 Å². The molecule has 0 N–H and O–H groups in total. The van der Waals surface area contributed by atoms with Gasteiger partial charge in [-0.1, -0.05) is 91.0 Å². The monoisotopic (exact) mass is 643 g/mol. The summed E-state index contributed by atoms with van der Waals surface area (Å²) < 4.78 is 98.8. The summed E-state index contributed by atoms with van der Waals surface area (Å²) in [6, 6.07) is 26.1. The maximum Gasteiger partial charge on any atom is 0.416 e. The predicted molar refractivity (Wildman–Crippen MR) is 153 cm³/mol. The van der Waals surface area contributed by atoms with Gasteiger partial charge in [-0.25, -0.2) is 14.5 Å². The smallest absolute Gasteiger partial charge is 0.416 e. The molecule has 0 radical (unpaired) electrons. The third-order valence-corrected chi connectivity index (χ3v) is 7.56. The number of amides is 1. The Balaban J connectivity index is 1.56. The zero-order valence-electron chi connectivity index (χ0n) is 24.2. The Morgan fingerprint density at radius 3 is 1.89 bits per heavy atom. The summed E-state index contributed by atoms with van der Waals surface area (Å²) in [4.78, 5) is 28.9. The summed E-state index contributed by atoms with van der Waals surface area (Å²) in [6.45, 7) is 0.387. The molecule has 0 spiro atoms. The van der Waals surface area contributed by atoms with E-state index in [0.29, 0.717) is 23.3 Å². The molecule has 0 bridgehead atoms. The van der Waals surface area contributed by atoms with Gasteiger partial charge in [-0.3, -0.25) is 0 Å². The SMILES string of the molecule is CC(OCC1(c2ccccc2)C(=O)OC(c2ccccc2)N1C(=O)OCc1ccccc1)c1cc(C(F)(F)F)cc(C(F)(F)F)c1. The lowest BCUT2D eigenvalue weighted by molar-refractivity contribution is -0.148. The van der Waals surface area contributed by atoms with Crippen LogP contribution in [0.3, 0.4) is 0 Å². The van der Waals surface area contributed by atoms with Gasteiger partial charge in [-0.2, -0.15) is 26.3 Å². The number of esters is 1. The summed E-state index contributed by atoms with van der Waals surface area (Å²) in [7, 11) is 0. The molecule has 1 fully saturated rings. The van der Waals surface area contributed by atoms with E-state index in [9.17, 15) is 35.9 Å². The summed E-state index contributed by atoms with van der Waals surface area (Å²) in [5, 5.41) is 0. The van der Waals surface area contributed by atoms with Crippen LogP contribution in [-0.4, -0.2) is 23.6 Å². The van der Waals surface area contributed by atoms with E-state index < -0.39 is 65.6 Å². The highest BCUT2D eigenvalue weighted by Crippen LogP contribution is 2.46. The van der Waals surface area contributed by atoms with Crippen molar-refractivity contribution in [2.45, 2.75) is 43.8 Å². The fourth-order valence-electron chi connectivity index (χ4n) is 5.16. The van der Waals surface area contributed by atoms with Crippen LogP contribution in [0.5, 0.6) is 0 Å². The third kappa shape index (κ3) is 6.71. The zero-order chi connectivity index (χ0) is 33.1. The van der Waals surface area contributed by atoms with Crippen molar-refractivity contribution >= 4 is 12.1 Å². The Hall–Kier alpha value is -4.84. The zero-order valence-corrected chi connectivity index (χ0v) is 24.2. The van der Waals surface area contributed by atoms with Gasteiger partial charge in [-0.15, -0.1) is 0 Å². The maximum absolute atomic E-state index is 13.9. The van der Waals surface area contributed by atoms with E-state index in [1.54, 1.807) is 78.9 Å². The second kappa shape index (κ2) is 12.9. The Morgan fingerprint density at radius 2 is 1.35 bits per heavy atom. The van der Waals surface area contributed by atoms with Gasteiger partial charge in [0, 0.05) is 5.56 Å². The Kier molecular flexibility index (Phi) is 9.11. The lowest BCUT2D eigenvalue weighted by atomic mass is 9.89. The molecule has 1 aliphatic heterocycles. The average Bonchev–Trinajstić information content (AvgIpc) is 3.35. The molecule has 1 aliphatic rings. The van der Waals surface area contributed by atoms with Crippen LogP contribution >= 0.6 is 0 Å². The number of carbonyl (C=O) groups is 2. The quantitative estimate of drug-likeness (QED) is 0.142. The van der Waals surface area contributed by atoms with Crippen molar-refractivity contribution in [2.24, 2.45) is 0 Å². The maximum atomic E-state index is 13.9. The summed E-state index contributed by atoms with van der Waals surface area (Å²) >= 11 is 0. The average molecular weight is 644 g/mol. The van der Waals surface area contributed by atoms with E-state index in [2.05, 4.69) is 0 Å². The van der Waals surface area contributed by atoms with Gasteiger partial charge in [-0.05, 0) is 41.8 Å². The number of halogens is 6. The van der Waals surface area contributed by atoms with E-state index >= 15 is 0 Å². The molecular weight excluding hydrogens is 616 g/mol. The molecule has 0 saturated carbocycles. The van der Waals surface area contributed by atoms with Crippen molar-refractivity contribution in [3.05, 3.63) is 143 Å². The first kappa shape index (κ1) is 32.6. The van der Waals surface area contributed by atoms with Crippen LogP contribution in [-0.2, 0) is 43.5 Å². The van der Waals surface area contributed by atoms with Crippen LogP contribution in [0.15, 0.2) is 109 Å². The standard InChI is InChI=1S/C34H27F6NO5/c1-22(25-17-27(33(35,36)37)19-28(18-25)34(38,39)40)45-21-32(26-15-9-4-10-16-26)30(42)46-29(24-13-7-3-8-14-24)41(32)31(43)44-20-23-11-5-2-6-12-23/h2-19,22,29H,20-21H2,1H3. The van der Waals surface area contributed by atoms with Crippen LogP contribution in [0.25, 0.3) is 0 Å². The number of hydrogen-bond acceptors (Lipinski definition) is 5. The normalized spacial score (nSPS) is 19.1. The summed E-state index contributed by atoms with van der Waals surface area (Å²) in [5.74, 6) is -0.934. The van der Waals surface area contributed by atoms with Gasteiger partial charge >= 0.3 is 24.4 Å². The second-order valence-electron chi connectivity index (χ2n) is 10.6. The van der Waals surface area contributed by atoms with E-state index in [4.69, 9.17) is 14.2 Å². The van der Waals surface area contributed by atoms with Gasteiger partial charge in [0.05, 0.1) is 23.8 Å². The number of cyclic esters (lactones) is 1. The molecule has 240 valence electrons. The number of nitrogens with zero attached hydrogens (tertiary/aromatic N) is 1. The van der Waals surface area contributed by atoms with Gasteiger partial charge < -0.3 is 14.2 Å².